The Labute approximate surface area is 125 Å². The van der Waals surface area contributed by atoms with Crippen molar-refractivity contribution in [1.82, 2.24) is 15.2 Å². The van der Waals surface area contributed by atoms with Crippen molar-refractivity contribution in [3.63, 3.8) is 0 Å². The van der Waals surface area contributed by atoms with E-state index >= 15 is 0 Å². The summed E-state index contributed by atoms with van der Waals surface area (Å²) in [5, 5.41) is 11.8. The minimum atomic E-state index is -1.03. The largest absolute Gasteiger partial charge is 0.480 e. The van der Waals surface area contributed by atoms with Gasteiger partial charge in [0.2, 0.25) is 0 Å². The van der Waals surface area contributed by atoms with Crippen molar-refractivity contribution >= 4 is 12.0 Å². The standard InChI is InChI=1S/C15H23N3O3/c1-15(2,3)12(13(19)20)17-14(21)18(4)10-8-11-7-5-6-9-16-11/h5-7,9,12H,8,10H2,1-4H3,(H,17,21)(H,19,20)/t12-/m1/s1. The molecule has 1 atom stereocenters. The second-order valence-electron chi connectivity index (χ2n) is 6.08. The van der Waals surface area contributed by atoms with Crippen molar-refractivity contribution in [2.24, 2.45) is 5.41 Å². The molecule has 1 rings (SSSR count). The van der Waals surface area contributed by atoms with Gasteiger partial charge in [0.25, 0.3) is 0 Å². The van der Waals surface area contributed by atoms with Gasteiger partial charge in [0.05, 0.1) is 0 Å². The van der Waals surface area contributed by atoms with Crippen molar-refractivity contribution in [3.05, 3.63) is 30.1 Å². The first-order chi connectivity index (χ1) is 9.71. The summed E-state index contributed by atoms with van der Waals surface area (Å²) < 4.78 is 0. The zero-order chi connectivity index (χ0) is 16.0. The first-order valence-electron chi connectivity index (χ1n) is 6.86. The number of pyridine rings is 1. The summed E-state index contributed by atoms with van der Waals surface area (Å²) in [6, 6.07) is 4.29. The highest BCUT2D eigenvalue weighted by Gasteiger charge is 2.33. The fourth-order valence-corrected chi connectivity index (χ4v) is 1.81. The Hall–Kier alpha value is -2.11. The number of aromatic nitrogens is 1. The maximum absolute atomic E-state index is 12.1. The minimum absolute atomic E-state index is 0.395. The number of rotatable bonds is 5. The third kappa shape index (κ3) is 5.41. The van der Waals surface area contributed by atoms with E-state index in [1.807, 2.05) is 18.2 Å². The molecule has 0 aromatic carbocycles. The summed E-state index contributed by atoms with van der Waals surface area (Å²) in [6.07, 6.45) is 2.33. The minimum Gasteiger partial charge on any atom is -0.480 e. The van der Waals surface area contributed by atoms with Crippen molar-refractivity contribution in [3.8, 4) is 0 Å². The van der Waals surface area contributed by atoms with Crippen LogP contribution in [0, 0.1) is 5.41 Å². The molecule has 0 aliphatic rings. The van der Waals surface area contributed by atoms with Gasteiger partial charge >= 0.3 is 12.0 Å². The number of carbonyl (C=O) groups is 2. The average Bonchev–Trinajstić information content (AvgIpc) is 2.41. The Morgan fingerprint density at radius 3 is 2.52 bits per heavy atom. The molecule has 6 nitrogen and oxygen atoms in total. The molecule has 0 fully saturated rings. The molecular weight excluding hydrogens is 270 g/mol. The molecule has 1 heterocycles. The van der Waals surface area contributed by atoms with Crippen LogP contribution in [-0.4, -0.2) is 46.6 Å². The number of nitrogens with zero attached hydrogens (tertiary/aromatic N) is 2. The monoisotopic (exact) mass is 293 g/mol. The van der Waals surface area contributed by atoms with Crippen LogP contribution in [0.4, 0.5) is 4.79 Å². The van der Waals surface area contributed by atoms with E-state index in [1.165, 1.54) is 4.90 Å². The Morgan fingerprint density at radius 2 is 2.05 bits per heavy atom. The molecule has 0 spiro atoms. The average molecular weight is 293 g/mol. The number of amides is 2. The van der Waals surface area contributed by atoms with Crippen LogP contribution in [0.5, 0.6) is 0 Å². The lowest BCUT2D eigenvalue weighted by Gasteiger charge is -2.29. The maximum atomic E-state index is 12.1. The molecule has 1 aromatic heterocycles. The number of nitrogens with one attached hydrogen (secondary N) is 1. The Kier molecular flexibility index (Phi) is 5.69. The van der Waals surface area contributed by atoms with E-state index in [4.69, 9.17) is 0 Å². The van der Waals surface area contributed by atoms with E-state index in [-0.39, 0.29) is 0 Å². The highest BCUT2D eigenvalue weighted by molar-refractivity contribution is 5.83. The van der Waals surface area contributed by atoms with Gasteiger partial charge in [-0.3, -0.25) is 4.98 Å². The third-order valence-corrected chi connectivity index (χ3v) is 3.16. The van der Waals surface area contributed by atoms with Gasteiger partial charge in [-0.15, -0.1) is 0 Å². The topological polar surface area (TPSA) is 82.5 Å². The Bertz CT molecular complexity index is 483. The Balaban J connectivity index is 2.56. The molecule has 0 radical (unpaired) electrons. The van der Waals surface area contributed by atoms with Crippen LogP contribution < -0.4 is 5.32 Å². The number of hydrogen-bond donors (Lipinski definition) is 2. The number of aliphatic carboxylic acids is 1. The molecule has 0 aliphatic heterocycles. The predicted molar refractivity (Wildman–Crippen MR) is 80.0 cm³/mol. The number of carbonyl (C=O) groups excluding carboxylic acids is 1. The quantitative estimate of drug-likeness (QED) is 0.866. The van der Waals surface area contributed by atoms with E-state index in [0.29, 0.717) is 13.0 Å². The van der Waals surface area contributed by atoms with Gasteiger partial charge in [-0.05, 0) is 17.5 Å². The number of urea groups is 1. The Morgan fingerprint density at radius 1 is 1.38 bits per heavy atom. The summed E-state index contributed by atoms with van der Waals surface area (Å²) in [5.74, 6) is -1.03. The van der Waals surface area contributed by atoms with Gasteiger partial charge in [-0.1, -0.05) is 26.8 Å². The summed E-state index contributed by atoms with van der Waals surface area (Å²) in [6.45, 7) is 5.80. The van der Waals surface area contributed by atoms with Gasteiger partial charge in [-0.2, -0.15) is 0 Å². The lowest BCUT2D eigenvalue weighted by Crippen LogP contribution is -2.52. The maximum Gasteiger partial charge on any atom is 0.326 e. The van der Waals surface area contributed by atoms with Crippen LogP contribution in [0.15, 0.2) is 24.4 Å². The van der Waals surface area contributed by atoms with Gasteiger partial charge in [0, 0.05) is 31.9 Å². The number of hydrogen-bond acceptors (Lipinski definition) is 3. The number of likely N-dealkylation sites (N-methyl/N-ethyl adjacent to an activating group) is 1. The normalized spacial score (nSPS) is 12.6. The molecule has 0 aliphatic carbocycles. The van der Waals surface area contributed by atoms with E-state index in [0.717, 1.165) is 5.69 Å². The molecule has 0 unspecified atom stereocenters. The molecule has 0 saturated heterocycles. The van der Waals surface area contributed by atoms with Gasteiger partial charge in [0.15, 0.2) is 0 Å². The van der Waals surface area contributed by atoms with Crippen molar-refractivity contribution < 1.29 is 14.7 Å². The van der Waals surface area contributed by atoms with E-state index in [1.54, 1.807) is 34.0 Å². The summed E-state index contributed by atoms with van der Waals surface area (Å²) in [7, 11) is 1.64. The van der Waals surface area contributed by atoms with Crippen LogP contribution in [0.1, 0.15) is 26.5 Å². The molecule has 2 N–H and O–H groups in total. The molecular formula is C15H23N3O3. The summed E-state index contributed by atoms with van der Waals surface area (Å²) >= 11 is 0. The lowest BCUT2D eigenvalue weighted by molar-refractivity contribution is -0.142. The number of carboxylic acids is 1. The molecule has 21 heavy (non-hydrogen) atoms. The smallest absolute Gasteiger partial charge is 0.326 e. The van der Waals surface area contributed by atoms with Crippen LogP contribution >= 0.6 is 0 Å². The molecule has 6 heteroatoms. The lowest BCUT2D eigenvalue weighted by atomic mass is 9.87. The van der Waals surface area contributed by atoms with E-state index in [9.17, 15) is 14.7 Å². The van der Waals surface area contributed by atoms with E-state index < -0.39 is 23.5 Å². The molecule has 0 bridgehead atoms. The first kappa shape index (κ1) is 16.9. The molecule has 2 amide bonds. The van der Waals surface area contributed by atoms with Crippen LogP contribution in [0.2, 0.25) is 0 Å². The van der Waals surface area contributed by atoms with Crippen molar-refractivity contribution in [1.29, 1.82) is 0 Å². The zero-order valence-corrected chi connectivity index (χ0v) is 13.0. The van der Waals surface area contributed by atoms with Crippen LogP contribution in [0.25, 0.3) is 0 Å². The summed E-state index contributed by atoms with van der Waals surface area (Å²) in [5.41, 5.74) is 0.339. The zero-order valence-electron chi connectivity index (χ0n) is 13.0. The SMILES string of the molecule is CN(CCc1ccccn1)C(=O)N[C@H](C(=O)O)C(C)(C)C. The molecule has 1 aromatic rings. The third-order valence-electron chi connectivity index (χ3n) is 3.16. The van der Waals surface area contributed by atoms with Crippen LogP contribution in [0.3, 0.4) is 0 Å². The van der Waals surface area contributed by atoms with Crippen LogP contribution in [-0.2, 0) is 11.2 Å². The first-order valence-corrected chi connectivity index (χ1v) is 6.86. The van der Waals surface area contributed by atoms with Gasteiger partial charge in [0.1, 0.15) is 6.04 Å². The highest BCUT2D eigenvalue weighted by atomic mass is 16.4. The molecule has 116 valence electrons. The summed E-state index contributed by atoms with van der Waals surface area (Å²) in [4.78, 5) is 29.0. The van der Waals surface area contributed by atoms with Gasteiger partial charge < -0.3 is 15.3 Å². The molecule has 0 saturated carbocycles. The predicted octanol–water partition coefficient (Wildman–Crippen LogP) is 1.76. The second kappa shape index (κ2) is 7.06. The highest BCUT2D eigenvalue weighted by Crippen LogP contribution is 2.19. The number of carboxylic acid groups (broad SMARTS) is 1. The van der Waals surface area contributed by atoms with Gasteiger partial charge in [-0.25, -0.2) is 9.59 Å². The van der Waals surface area contributed by atoms with Crippen molar-refractivity contribution in [2.75, 3.05) is 13.6 Å². The second-order valence-corrected chi connectivity index (χ2v) is 6.08. The fourth-order valence-electron chi connectivity index (χ4n) is 1.81. The van der Waals surface area contributed by atoms with E-state index in [2.05, 4.69) is 10.3 Å². The van der Waals surface area contributed by atoms with Crippen molar-refractivity contribution in [2.45, 2.75) is 33.2 Å². The fraction of sp³-hybridized carbons (Fsp3) is 0.533.